The van der Waals surface area contributed by atoms with Gasteiger partial charge in [-0.1, -0.05) is 42.5 Å². The van der Waals surface area contributed by atoms with Crippen molar-refractivity contribution in [2.45, 2.75) is 38.6 Å². The Labute approximate surface area is 190 Å². The van der Waals surface area contributed by atoms with E-state index >= 15 is 0 Å². The lowest BCUT2D eigenvalue weighted by atomic mass is 9.74. The molecule has 4 nitrogen and oxygen atoms in total. The normalized spacial score (nSPS) is 16.0. The summed E-state index contributed by atoms with van der Waals surface area (Å²) in [6.07, 6.45) is 1.97. The van der Waals surface area contributed by atoms with Crippen LogP contribution in [-0.2, 0) is 16.7 Å². The Hall–Kier alpha value is -1.67. The number of nitrogens with zero attached hydrogens (tertiary/aromatic N) is 1. The van der Waals surface area contributed by atoms with Gasteiger partial charge in [-0.15, -0.1) is 24.0 Å². The topological polar surface area (TPSA) is 45.7 Å². The molecule has 3 rings (SSSR count). The molecule has 0 atom stereocenters. The summed E-state index contributed by atoms with van der Waals surface area (Å²) in [4.78, 5) is 4.70. The Morgan fingerprint density at radius 2 is 1.83 bits per heavy atom. The monoisotopic (exact) mass is 511 g/mol. The zero-order valence-electron chi connectivity index (χ0n) is 17.2. The van der Waals surface area contributed by atoms with Gasteiger partial charge >= 0.3 is 0 Å². The smallest absolute Gasteiger partial charge is 0.191 e. The van der Waals surface area contributed by atoms with Gasteiger partial charge in [0.15, 0.2) is 5.96 Å². The van der Waals surface area contributed by atoms with E-state index in [0.29, 0.717) is 12.1 Å². The molecule has 29 heavy (non-hydrogen) atoms. The van der Waals surface area contributed by atoms with Gasteiger partial charge in [-0.3, -0.25) is 0 Å². The first kappa shape index (κ1) is 23.6. The zero-order valence-corrected chi connectivity index (χ0v) is 19.5. The summed E-state index contributed by atoms with van der Waals surface area (Å²) < 4.78 is 19.1. The van der Waals surface area contributed by atoms with Crippen LogP contribution < -0.4 is 10.6 Å². The molecule has 0 aromatic heterocycles. The maximum Gasteiger partial charge on any atom is 0.191 e. The van der Waals surface area contributed by atoms with Gasteiger partial charge in [0.2, 0.25) is 0 Å². The minimum atomic E-state index is -0.179. The molecule has 2 N–H and O–H groups in total. The van der Waals surface area contributed by atoms with E-state index in [9.17, 15) is 4.39 Å². The number of aryl methyl sites for hydroxylation is 1. The number of rotatable bonds is 6. The maximum absolute atomic E-state index is 13.5. The van der Waals surface area contributed by atoms with E-state index < -0.39 is 0 Å². The minimum Gasteiger partial charge on any atom is -0.381 e. The van der Waals surface area contributed by atoms with Gasteiger partial charge in [0.1, 0.15) is 5.82 Å². The molecule has 1 aliphatic rings. The average Bonchev–Trinajstić information content (AvgIpc) is 2.74. The number of halogens is 2. The molecule has 2 aromatic carbocycles. The highest BCUT2D eigenvalue weighted by atomic mass is 127. The number of guanidine groups is 1. The van der Waals surface area contributed by atoms with Crippen molar-refractivity contribution in [3.63, 3.8) is 0 Å². The van der Waals surface area contributed by atoms with Crippen molar-refractivity contribution in [3.05, 3.63) is 71.0 Å². The summed E-state index contributed by atoms with van der Waals surface area (Å²) in [5.41, 5.74) is 3.04. The number of hydrogen-bond acceptors (Lipinski definition) is 2. The summed E-state index contributed by atoms with van der Waals surface area (Å²) in [6, 6.07) is 15.8. The Kier molecular flexibility index (Phi) is 9.36. The summed E-state index contributed by atoms with van der Waals surface area (Å²) in [7, 11) is 0. The Bertz CT molecular complexity index is 792. The first-order valence-electron chi connectivity index (χ1n) is 10.0. The van der Waals surface area contributed by atoms with Crippen molar-refractivity contribution in [1.29, 1.82) is 0 Å². The van der Waals surface area contributed by atoms with Gasteiger partial charge in [0.05, 0.1) is 6.54 Å². The van der Waals surface area contributed by atoms with E-state index in [-0.39, 0.29) is 35.2 Å². The lowest BCUT2D eigenvalue weighted by Crippen LogP contribution is -2.48. The number of nitrogens with one attached hydrogen (secondary N) is 2. The van der Waals surface area contributed by atoms with E-state index in [2.05, 4.69) is 47.9 Å². The molecule has 158 valence electrons. The summed E-state index contributed by atoms with van der Waals surface area (Å²) in [6.45, 7) is 7.49. The second-order valence-electron chi connectivity index (χ2n) is 7.39. The van der Waals surface area contributed by atoms with E-state index in [4.69, 9.17) is 9.73 Å². The molecule has 0 bridgehead atoms. The molecular formula is C23H31FIN3O. The molecule has 0 saturated carbocycles. The van der Waals surface area contributed by atoms with Crippen molar-refractivity contribution in [1.82, 2.24) is 10.6 Å². The molecule has 1 saturated heterocycles. The molecule has 6 heteroatoms. The zero-order chi connectivity index (χ0) is 19.8. The van der Waals surface area contributed by atoms with Gasteiger partial charge in [-0.25, -0.2) is 9.38 Å². The third kappa shape index (κ3) is 6.40. The number of benzene rings is 2. The van der Waals surface area contributed by atoms with Gasteiger partial charge in [-0.2, -0.15) is 0 Å². The third-order valence-corrected chi connectivity index (χ3v) is 5.42. The molecule has 0 unspecified atom stereocenters. The largest absolute Gasteiger partial charge is 0.381 e. The second-order valence-corrected chi connectivity index (χ2v) is 7.39. The van der Waals surface area contributed by atoms with Crippen LogP contribution in [0.25, 0.3) is 0 Å². The lowest BCUT2D eigenvalue weighted by Gasteiger charge is -2.38. The third-order valence-electron chi connectivity index (χ3n) is 5.42. The second kappa shape index (κ2) is 11.5. The van der Waals surface area contributed by atoms with Gasteiger partial charge in [-0.05, 0) is 49.4 Å². The Balaban J connectivity index is 0.00000300. The molecule has 0 spiro atoms. The van der Waals surface area contributed by atoms with E-state index in [1.807, 2.05) is 6.07 Å². The van der Waals surface area contributed by atoms with E-state index in [0.717, 1.165) is 50.7 Å². The Morgan fingerprint density at radius 1 is 1.10 bits per heavy atom. The molecule has 2 aromatic rings. The van der Waals surface area contributed by atoms with Crippen molar-refractivity contribution in [3.8, 4) is 0 Å². The van der Waals surface area contributed by atoms with Crippen LogP contribution in [-0.4, -0.2) is 32.3 Å². The van der Waals surface area contributed by atoms with Crippen LogP contribution in [0.3, 0.4) is 0 Å². The van der Waals surface area contributed by atoms with Gasteiger partial charge in [0, 0.05) is 31.7 Å². The standard InChI is InChI=1S/C23H30FN3O.HI/c1-3-25-22(26-16-19-9-10-21(24)18(2)15-19)27-17-23(11-13-28-14-12-23)20-7-5-4-6-8-20;/h4-10,15H,3,11-14,16-17H2,1-2H3,(H2,25,26,27);1H. The highest BCUT2D eigenvalue weighted by Gasteiger charge is 2.34. The fraction of sp³-hybridized carbons (Fsp3) is 0.435. The number of hydrogen-bond donors (Lipinski definition) is 2. The maximum atomic E-state index is 13.5. The van der Waals surface area contributed by atoms with Crippen LogP contribution in [0.5, 0.6) is 0 Å². The van der Waals surface area contributed by atoms with Crippen molar-refractivity contribution in [2.75, 3.05) is 26.3 Å². The quantitative estimate of drug-likeness (QED) is 0.340. The van der Waals surface area contributed by atoms with Crippen molar-refractivity contribution >= 4 is 29.9 Å². The van der Waals surface area contributed by atoms with Crippen LogP contribution in [0.4, 0.5) is 4.39 Å². The SMILES string of the molecule is CCNC(=NCc1ccc(F)c(C)c1)NCC1(c2ccccc2)CCOCC1.I. The molecule has 1 heterocycles. The first-order chi connectivity index (χ1) is 13.6. The van der Waals surface area contributed by atoms with E-state index in [1.54, 1.807) is 13.0 Å². The minimum absolute atomic E-state index is 0. The van der Waals surface area contributed by atoms with Crippen LogP contribution in [0.15, 0.2) is 53.5 Å². The van der Waals surface area contributed by atoms with Crippen LogP contribution in [0.2, 0.25) is 0 Å². The van der Waals surface area contributed by atoms with Crippen molar-refractivity contribution in [2.24, 2.45) is 4.99 Å². The molecular weight excluding hydrogens is 480 g/mol. The first-order valence-corrected chi connectivity index (χ1v) is 10.0. The highest BCUT2D eigenvalue weighted by Crippen LogP contribution is 2.34. The predicted octanol–water partition coefficient (Wildman–Crippen LogP) is 4.56. The fourth-order valence-corrected chi connectivity index (χ4v) is 3.69. The average molecular weight is 511 g/mol. The van der Waals surface area contributed by atoms with Gasteiger partial charge < -0.3 is 15.4 Å². The van der Waals surface area contributed by atoms with E-state index in [1.165, 1.54) is 11.6 Å². The molecule has 1 fully saturated rings. The molecule has 1 aliphatic heterocycles. The molecule has 0 amide bonds. The van der Waals surface area contributed by atoms with Crippen molar-refractivity contribution < 1.29 is 9.13 Å². The summed E-state index contributed by atoms with van der Waals surface area (Å²) in [5.74, 6) is 0.605. The van der Waals surface area contributed by atoms with Gasteiger partial charge in [0.25, 0.3) is 0 Å². The summed E-state index contributed by atoms with van der Waals surface area (Å²) >= 11 is 0. The lowest BCUT2D eigenvalue weighted by molar-refractivity contribution is 0.0514. The molecule has 0 radical (unpaired) electrons. The summed E-state index contributed by atoms with van der Waals surface area (Å²) in [5, 5.41) is 6.86. The van der Waals surface area contributed by atoms with Crippen LogP contribution in [0.1, 0.15) is 36.5 Å². The van der Waals surface area contributed by atoms with Crippen LogP contribution >= 0.6 is 24.0 Å². The highest BCUT2D eigenvalue weighted by molar-refractivity contribution is 14.0. The molecule has 0 aliphatic carbocycles. The number of aliphatic imine (C=N–C) groups is 1. The number of ether oxygens (including phenoxy) is 1. The predicted molar refractivity (Wildman–Crippen MR) is 128 cm³/mol. The van der Waals surface area contributed by atoms with Crippen LogP contribution in [0, 0.1) is 12.7 Å². The fourth-order valence-electron chi connectivity index (χ4n) is 3.69. The Morgan fingerprint density at radius 3 is 2.48 bits per heavy atom.